The van der Waals surface area contributed by atoms with Crippen molar-refractivity contribution in [3.63, 3.8) is 0 Å². The van der Waals surface area contributed by atoms with Crippen molar-refractivity contribution in [2.75, 3.05) is 25.1 Å². The quantitative estimate of drug-likeness (QED) is 0.876. The summed E-state index contributed by atoms with van der Waals surface area (Å²) in [7, 11) is 1.53. The van der Waals surface area contributed by atoms with Gasteiger partial charge >= 0.3 is 6.01 Å². The van der Waals surface area contributed by atoms with Gasteiger partial charge in [0.15, 0.2) is 0 Å². The lowest BCUT2D eigenvalue weighted by molar-refractivity contribution is 0.271. The summed E-state index contributed by atoms with van der Waals surface area (Å²) in [5, 5.41) is 0.174. The number of anilines is 1. The van der Waals surface area contributed by atoms with Crippen LogP contribution in [0.5, 0.6) is 6.01 Å². The van der Waals surface area contributed by atoms with Crippen LogP contribution in [-0.2, 0) is 0 Å². The zero-order valence-corrected chi connectivity index (χ0v) is 11.7. The molecule has 0 bridgehead atoms. The summed E-state index contributed by atoms with van der Waals surface area (Å²) < 4.78 is 5.04. The predicted octanol–water partition coefficient (Wildman–Crippen LogP) is 1.10. The van der Waals surface area contributed by atoms with Crippen LogP contribution in [0.4, 0.5) is 5.95 Å². The third-order valence-electron chi connectivity index (χ3n) is 4.13. The zero-order valence-electron chi connectivity index (χ0n) is 10.9. The van der Waals surface area contributed by atoms with Gasteiger partial charge in [0.2, 0.25) is 11.2 Å². The molecular formula is C12H18ClN5O. The highest BCUT2D eigenvalue weighted by Gasteiger charge is 2.37. The van der Waals surface area contributed by atoms with Crippen LogP contribution in [-0.4, -0.2) is 41.2 Å². The fourth-order valence-corrected chi connectivity index (χ4v) is 3.33. The molecule has 1 saturated heterocycles. The van der Waals surface area contributed by atoms with Crippen LogP contribution in [0, 0.1) is 11.8 Å². The Morgan fingerprint density at radius 3 is 2.79 bits per heavy atom. The topological polar surface area (TPSA) is 77.2 Å². The molecule has 1 aromatic rings. The molecule has 104 valence electrons. The monoisotopic (exact) mass is 283 g/mol. The molecule has 1 unspecified atom stereocenters. The third kappa shape index (κ3) is 2.60. The van der Waals surface area contributed by atoms with E-state index in [0.29, 0.717) is 23.8 Å². The molecule has 2 N–H and O–H groups in total. The molecule has 3 rings (SSSR count). The second-order valence-corrected chi connectivity index (χ2v) is 5.73. The first kappa shape index (κ1) is 12.9. The minimum atomic E-state index is 0.174. The number of rotatable bonds is 2. The number of aromatic nitrogens is 3. The molecule has 2 fully saturated rings. The molecule has 1 aromatic heterocycles. The summed E-state index contributed by atoms with van der Waals surface area (Å²) >= 11 is 5.89. The maximum Gasteiger partial charge on any atom is 0.322 e. The van der Waals surface area contributed by atoms with Crippen molar-refractivity contribution in [1.29, 1.82) is 0 Å². The van der Waals surface area contributed by atoms with Gasteiger partial charge in [0.05, 0.1) is 7.11 Å². The van der Waals surface area contributed by atoms with E-state index < -0.39 is 0 Å². The minimum absolute atomic E-state index is 0.174. The van der Waals surface area contributed by atoms with Gasteiger partial charge in [0.25, 0.3) is 0 Å². The van der Waals surface area contributed by atoms with Crippen LogP contribution in [0.1, 0.15) is 19.3 Å². The molecule has 7 heteroatoms. The third-order valence-corrected chi connectivity index (χ3v) is 4.30. The van der Waals surface area contributed by atoms with Gasteiger partial charge in [-0.15, -0.1) is 0 Å². The maximum absolute atomic E-state index is 6.04. The molecule has 2 heterocycles. The van der Waals surface area contributed by atoms with Crippen LogP contribution in [0.25, 0.3) is 0 Å². The van der Waals surface area contributed by atoms with E-state index in [1.54, 1.807) is 0 Å². The lowest BCUT2D eigenvalue weighted by atomic mass is 9.79. The highest BCUT2D eigenvalue weighted by molar-refractivity contribution is 6.28. The number of fused-ring (bicyclic) bond motifs is 1. The Kier molecular flexibility index (Phi) is 3.45. The number of nitrogens with zero attached hydrogens (tertiary/aromatic N) is 4. The summed E-state index contributed by atoms with van der Waals surface area (Å²) in [5.74, 6) is 1.95. The van der Waals surface area contributed by atoms with Gasteiger partial charge in [-0.1, -0.05) is 0 Å². The zero-order chi connectivity index (χ0) is 13.4. The van der Waals surface area contributed by atoms with E-state index in [2.05, 4.69) is 19.9 Å². The summed E-state index contributed by atoms with van der Waals surface area (Å²) in [5.41, 5.74) is 6.04. The summed E-state index contributed by atoms with van der Waals surface area (Å²) in [6.07, 6.45) is 3.41. The standard InChI is InChI=1S/C12H18ClN5O/c1-19-12-16-10(13)15-11(17-12)18-5-7-2-3-9(14)4-8(7)6-18/h7-9H,2-6,14H2,1H3/t7-,8+,9?/m1/s1. The van der Waals surface area contributed by atoms with E-state index in [9.17, 15) is 0 Å². The van der Waals surface area contributed by atoms with Gasteiger partial charge in [0, 0.05) is 19.1 Å². The van der Waals surface area contributed by atoms with E-state index in [4.69, 9.17) is 22.1 Å². The largest absolute Gasteiger partial charge is 0.467 e. The van der Waals surface area contributed by atoms with Crippen molar-refractivity contribution in [3.05, 3.63) is 5.28 Å². The summed E-state index contributed by atoms with van der Waals surface area (Å²) in [6, 6.07) is 0.610. The predicted molar refractivity (Wildman–Crippen MR) is 72.4 cm³/mol. The van der Waals surface area contributed by atoms with Gasteiger partial charge in [0.1, 0.15) is 0 Å². The highest BCUT2D eigenvalue weighted by atomic mass is 35.5. The molecule has 0 radical (unpaired) electrons. The number of ether oxygens (including phenoxy) is 1. The molecule has 1 aliphatic heterocycles. The Balaban J connectivity index is 1.78. The van der Waals surface area contributed by atoms with Crippen molar-refractivity contribution in [3.8, 4) is 6.01 Å². The van der Waals surface area contributed by atoms with Crippen LogP contribution in [0.15, 0.2) is 0 Å². The first-order valence-corrected chi connectivity index (χ1v) is 6.99. The van der Waals surface area contributed by atoms with E-state index >= 15 is 0 Å². The van der Waals surface area contributed by atoms with Crippen LogP contribution >= 0.6 is 11.6 Å². The Hall–Kier alpha value is -1.14. The van der Waals surface area contributed by atoms with Gasteiger partial charge in [-0.3, -0.25) is 0 Å². The van der Waals surface area contributed by atoms with E-state index in [0.717, 1.165) is 25.9 Å². The number of hydrogen-bond acceptors (Lipinski definition) is 6. The molecule has 3 atom stereocenters. The summed E-state index contributed by atoms with van der Waals surface area (Å²) in [6.45, 7) is 1.92. The van der Waals surface area contributed by atoms with E-state index in [1.807, 2.05) is 0 Å². The maximum atomic E-state index is 6.04. The Labute approximate surface area is 117 Å². The SMILES string of the molecule is COc1nc(Cl)nc(N2C[C@H]3CCC(N)C[C@H]3C2)n1. The van der Waals surface area contributed by atoms with Crippen molar-refractivity contribution < 1.29 is 4.74 Å². The normalized spacial score (nSPS) is 30.3. The Morgan fingerprint density at radius 2 is 2.00 bits per heavy atom. The van der Waals surface area contributed by atoms with Crippen molar-refractivity contribution in [1.82, 2.24) is 15.0 Å². The number of halogens is 1. The smallest absolute Gasteiger partial charge is 0.322 e. The van der Waals surface area contributed by atoms with Crippen LogP contribution < -0.4 is 15.4 Å². The molecular weight excluding hydrogens is 266 g/mol. The second kappa shape index (κ2) is 5.09. The van der Waals surface area contributed by atoms with Crippen molar-refractivity contribution in [2.24, 2.45) is 17.6 Å². The fraction of sp³-hybridized carbons (Fsp3) is 0.750. The van der Waals surface area contributed by atoms with Gasteiger partial charge in [-0.05, 0) is 42.7 Å². The first-order valence-electron chi connectivity index (χ1n) is 6.62. The molecule has 0 spiro atoms. The van der Waals surface area contributed by atoms with Gasteiger partial charge in [-0.2, -0.15) is 15.0 Å². The number of nitrogens with two attached hydrogens (primary N) is 1. The molecule has 0 amide bonds. The number of hydrogen-bond donors (Lipinski definition) is 1. The van der Waals surface area contributed by atoms with Gasteiger partial charge < -0.3 is 15.4 Å². The molecule has 2 aliphatic rings. The first-order chi connectivity index (χ1) is 9.15. The van der Waals surface area contributed by atoms with Crippen LogP contribution in [0.3, 0.4) is 0 Å². The van der Waals surface area contributed by atoms with E-state index in [1.165, 1.54) is 13.5 Å². The van der Waals surface area contributed by atoms with Crippen molar-refractivity contribution >= 4 is 17.5 Å². The Morgan fingerprint density at radius 1 is 1.21 bits per heavy atom. The minimum Gasteiger partial charge on any atom is -0.467 e. The average molecular weight is 284 g/mol. The van der Waals surface area contributed by atoms with Gasteiger partial charge in [-0.25, -0.2) is 0 Å². The highest BCUT2D eigenvalue weighted by Crippen LogP contribution is 2.37. The Bertz CT molecular complexity index is 471. The lowest BCUT2D eigenvalue weighted by Gasteiger charge is -2.27. The van der Waals surface area contributed by atoms with Crippen molar-refractivity contribution in [2.45, 2.75) is 25.3 Å². The second-order valence-electron chi connectivity index (χ2n) is 5.39. The molecule has 0 aromatic carbocycles. The average Bonchev–Trinajstić information content (AvgIpc) is 2.80. The van der Waals surface area contributed by atoms with E-state index in [-0.39, 0.29) is 11.3 Å². The molecule has 19 heavy (non-hydrogen) atoms. The lowest BCUT2D eigenvalue weighted by Crippen LogP contribution is -2.32. The van der Waals surface area contributed by atoms with Crippen LogP contribution in [0.2, 0.25) is 5.28 Å². The fourth-order valence-electron chi connectivity index (χ4n) is 3.19. The number of methoxy groups -OCH3 is 1. The molecule has 6 nitrogen and oxygen atoms in total. The summed E-state index contributed by atoms with van der Waals surface area (Å²) in [4.78, 5) is 14.5. The molecule has 1 aliphatic carbocycles. The molecule has 1 saturated carbocycles.